The molecule has 0 saturated heterocycles. The summed E-state index contributed by atoms with van der Waals surface area (Å²) in [5.74, 6) is 2.28. The largest absolute Gasteiger partial charge is 0.473 e. The maximum absolute atomic E-state index is 11.2. The minimum absolute atomic E-state index is 0.281. The molecule has 7 heterocycles. The molecule has 0 fully saturated rings. The topological polar surface area (TPSA) is 162 Å². The van der Waals surface area contributed by atoms with E-state index in [0.717, 1.165) is 76.7 Å². The molecule has 0 bridgehead atoms. The molecule has 7 aliphatic heterocycles. The lowest BCUT2D eigenvalue weighted by atomic mass is 9.99. The van der Waals surface area contributed by atoms with Crippen molar-refractivity contribution in [2.45, 2.75) is 79.6 Å². The van der Waals surface area contributed by atoms with Crippen molar-refractivity contribution >= 4 is 75.3 Å². The molecular weight excluding hydrogens is 1390 g/mol. The summed E-state index contributed by atoms with van der Waals surface area (Å²) >= 11 is 0. The fraction of sp³-hybridized carbons (Fsp3) is 0.170. The predicted molar refractivity (Wildman–Crippen MR) is 440 cm³/mol. The van der Waals surface area contributed by atoms with E-state index in [1.54, 1.807) is 72.8 Å². The van der Waals surface area contributed by atoms with E-state index in [1.165, 1.54) is 117 Å². The molecule has 0 saturated carbocycles. The number of carbonyl (C=O) groups excluding carboxylic acids is 6. The van der Waals surface area contributed by atoms with Crippen molar-refractivity contribution in [1.82, 2.24) is 0 Å². The quantitative estimate of drug-likeness (QED) is 0.112. The van der Waals surface area contributed by atoms with Crippen LogP contribution in [0.15, 0.2) is 322 Å². The van der Waals surface area contributed by atoms with E-state index in [0.29, 0.717) is 44.0 Å². The Hall–Kier alpha value is -13.5. The van der Waals surface area contributed by atoms with E-state index in [-0.39, 0.29) is 35.4 Å². The molecule has 11 aromatic carbocycles. The Kier molecular flexibility index (Phi) is 26.6. The Morgan fingerprint density at radius 3 is 0.739 bits per heavy atom. The zero-order valence-electron chi connectivity index (χ0n) is 62.8. The third-order valence-electron chi connectivity index (χ3n) is 18.3. The summed E-state index contributed by atoms with van der Waals surface area (Å²) in [5.41, 5.74) is 16.7. The van der Waals surface area contributed by atoms with Gasteiger partial charge in [0.15, 0.2) is 26.9 Å². The standard InChI is InChI=1S/2C29H26N2O2.3C10H7NO2.2C3H8/c1-3-7-28-24(5-1)18-30(20-32-28)26-13-9-22(10-14-26)17-23-11-15-27(16-12-23)31-19-25-6-2-4-8-29(25)33-21-31;1-3-7-26(8-4-1)30-18-24-16-22(11-13-28(24)32-20-30)15-23-12-14-29-25(17-23)19-31(21-33-29)27-9-5-2-6-10-27;3*12-9-6-7-10(13)11(9)8-4-2-1-3-5-8;2*1-3-2/h1-16H,17-21H2;1-14,16-17H,15,18-21H2;3*1-7H;2*3H2,1-2H3. The van der Waals surface area contributed by atoms with Crippen LogP contribution in [0.2, 0.25) is 0 Å². The lowest BCUT2D eigenvalue weighted by molar-refractivity contribution is -0.121. The summed E-state index contributed by atoms with van der Waals surface area (Å²) in [7, 11) is 0. The molecule has 17 heteroatoms. The summed E-state index contributed by atoms with van der Waals surface area (Å²) in [6.07, 6.45) is 11.9. The monoisotopic (exact) mass is 1480 g/mol. The summed E-state index contributed by atoms with van der Waals surface area (Å²) in [6.45, 7) is 14.3. The van der Waals surface area contributed by atoms with Gasteiger partial charge in [-0.3, -0.25) is 28.8 Å². The fourth-order valence-corrected chi connectivity index (χ4v) is 12.9. The first-order chi connectivity index (χ1) is 54.3. The number of hydrogen-bond donors (Lipinski definition) is 0. The van der Waals surface area contributed by atoms with Crippen LogP contribution in [0.4, 0.5) is 39.8 Å². The van der Waals surface area contributed by atoms with Crippen molar-refractivity contribution in [2.24, 2.45) is 0 Å². The zero-order valence-corrected chi connectivity index (χ0v) is 62.8. The first kappa shape index (κ1) is 77.1. The summed E-state index contributed by atoms with van der Waals surface area (Å²) < 4.78 is 23.9. The Morgan fingerprint density at radius 1 is 0.234 bits per heavy atom. The smallest absolute Gasteiger partial charge is 0.258 e. The Labute approximate surface area is 649 Å². The van der Waals surface area contributed by atoms with Crippen LogP contribution in [-0.4, -0.2) is 62.4 Å². The molecule has 0 radical (unpaired) electrons. The van der Waals surface area contributed by atoms with Gasteiger partial charge in [-0.2, -0.15) is 0 Å². The van der Waals surface area contributed by atoms with Crippen LogP contribution < -0.4 is 53.2 Å². The molecule has 7 aliphatic rings. The number of amides is 6. The molecule has 0 spiro atoms. The Bertz CT molecular complexity index is 4620. The normalized spacial score (nSPS) is 14.5. The number of imide groups is 3. The summed E-state index contributed by atoms with van der Waals surface area (Å²) in [6, 6.07) is 94.8. The third kappa shape index (κ3) is 20.4. The van der Waals surface area contributed by atoms with Gasteiger partial charge in [0.2, 0.25) is 0 Å². The molecule has 111 heavy (non-hydrogen) atoms. The number of nitrogens with zero attached hydrogens (tertiary/aromatic N) is 7. The van der Waals surface area contributed by atoms with Gasteiger partial charge in [0.05, 0.1) is 17.1 Å². The number of para-hydroxylation sites is 7. The fourth-order valence-electron chi connectivity index (χ4n) is 12.9. The highest BCUT2D eigenvalue weighted by Crippen LogP contribution is 2.35. The van der Waals surface area contributed by atoms with Crippen LogP contribution in [-0.2, 0) is 67.8 Å². The van der Waals surface area contributed by atoms with Gasteiger partial charge in [-0.05, 0) is 156 Å². The minimum Gasteiger partial charge on any atom is -0.473 e. The van der Waals surface area contributed by atoms with E-state index in [2.05, 4.69) is 205 Å². The number of ether oxygens (including phenoxy) is 4. The maximum atomic E-state index is 11.2. The molecule has 560 valence electrons. The average Bonchev–Trinajstić information content (AvgIpc) is 1.73. The maximum Gasteiger partial charge on any atom is 0.258 e. The number of benzene rings is 11. The van der Waals surface area contributed by atoms with Gasteiger partial charge >= 0.3 is 0 Å². The molecule has 11 aromatic rings. The number of rotatable bonds is 11. The Balaban J connectivity index is 0.000000135. The van der Waals surface area contributed by atoms with Gasteiger partial charge in [0.25, 0.3) is 35.4 Å². The molecular formula is C94H89N7O10. The summed E-state index contributed by atoms with van der Waals surface area (Å²) in [4.78, 5) is 79.7. The number of carbonyl (C=O) groups is 6. The van der Waals surface area contributed by atoms with Crippen LogP contribution in [0, 0.1) is 0 Å². The SMILES string of the molecule is CCC.CCC.O=C1C=CC(=O)N1c1ccccc1.O=C1C=CC(=O)N1c1ccccc1.O=C1C=CC(=O)N1c1ccccc1.c1ccc(N2COc3ccc(Cc4ccc5c(c4)CN(c4ccccc4)CO5)cc3C2)cc1.c1ccc2c(c1)CN(c1ccc(Cc3ccc(N4COc5ccccc5C4)cc3)cc1)CO2. The predicted octanol–water partition coefficient (Wildman–Crippen LogP) is 18.2. The number of hydrogen-bond acceptors (Lipinski definition) is 14. The van der Waals surface area contributed by atoms with Gasteiger partial charge < -0.3 is 38.5 Å². The number of anilines is 7. The van der Waals surface area contributed by atoms with E-state index in [9.17, 15) is 28.8 Å². The zero-order chi connectivity index (χ0) is 77.3. The van der Waals surface area contributed by atoms with Crippen molar-refractivity contribution in [3.63, 3.8) is 0 Å². The molecule has 0 N–H and O–H groups in total. The van der Waals surface area contributed by atoms with Gasteiger partial charge in [-0.15, -0.1) is 0 Å². The molecule has 0 aliphatic carbocycles. The lowest BCUT2D eigenvalue weighted by Gasteiger charge is -2.31. The van der Waals surface area contributed by atoms with Gasteiger partial charge in [-0.1, -0.05) is 204 Å². The first-order valence-corrected chi connectivity index (χ1v) is 37.3. The van der Waals surface area contributed by atoms with Crippen molar-refractivity contribution < 1.29 is 47.7 Å². The van der Waals surface area contributed by atoms with E-state index in [4.69, 9.17) is 18.9 Å². The molecule has 0 atom stereocenters. The highest BCUT2D eigenvalue weighted by atomic mass is 16.5. The Morgan fingerprint density at radius 2 is 0.450 bits per heavy atom. The van der Waals surface area contributed by atoms with Gasteiger partial charge in [0.1, 0.15) is 23.0 Å². The van der Waals surface area contributed by atoms with Crippen molar-refractivity contribution in [3.05, 3.63) is 366 Å². The van der Waals surface area contributed by atoms with Crippen molar-refractivity contribution in [2.75, 3.05) is 61.2 Å². The second kappa shape index (κ2) is 38.3. The van der Waals surface area contributed by atoms with E-state index in [1.807, 2.05) is 54.6 Å². The lowest BCUT2D eigenvalue weighted by Crippen LogP contribution is -2.32. The number of fused-ring (bicyclic) bond motifs is 4. The highest BCUT2D eigenvalue weighted by molar-refractivity contribution is 6.29. The first-order valence-electron chi connectivity index (χ1n) is 37.3. The van der Waals surface area contributed by atoms with Crippen molar-refractivity contribution in [3.8, 4) is 23.0 Å². The third-order valence-corrected chi connectivity index (χ3v) is 18.3. The summed E-state index contributed by atoms with van der Waals surface area (Å²) in [5, 5.41) is 0. The molecule has 0 unspecified atom stereocenters. The molecule has 6 amide bonds. The second-order valence-corrected chi connectivity index (χ2v) is 26.8. The van der Waals surface area contributed by atoms with Crippen LogP contribution in [0.5, 0.6) is 23.0 Å². The molecule has 0 aromatic heterocycles. The second-order valence-electron chi connectivity index (χ2n) is 26.8. The van der Waals surface area contributed by atoms with Crippen molar-refractivity contribution in [1.29, 1.82) is 0 Å². The molecule has 17 nitrogen and oxygen atoms in total. The van der Waals surface area contributed by atoms with Gasteiger partial charge in [-0.25, -0.2) is 14.7 Å². The van der Waals surface area contributed by atoms with Gasteiger partial charge in [0, 0.05) is 108 Å². The van der Waals surface area contributed by atoms with Crippen LogP contribution >= 0.6 is 0 Å². The van der Waals surface area contributed by atoms with Crippen LogP contribution in [0.1, 0.15) is 85.0 Å². The van der Waals surface area contributed by atoms with E-state index >= 15 is 0 Å². The minimum atomic E-state index is -0.281. The molecule has 18 rings (SSSR count). The van der Waals surface area contributed by atoms with E-state index < -0.39 is 0 Å². The van der Waals surface area contributed by atoms with Crippen LogP contribution in [0.25, 0.3) is 0 Å². The van der Waals surface area contributed by atoms with Crippen LogP contribution in [0.3, 0.4) is 0 Å². The highest BCUT2D eigenvalue weighted by Gasteiger charge is 2.28. The average molecular weight is 1480 g/mol.